The smallest absolute Gasteiger partial charge is 0.267 e. The van der Waals surface area contributed by atoms with E-state index in [1.165, 1.54) is 31.2 Å². The SMILES string of the molecule is C[C@H](CS(=O)(=O)CC1CC1)N([C@@H](c1ccccc1)C(F)(F)F)C1(C#N)CC1. The van der Waals surface area contributed by atoms with Crippen LogP contribution in [0, 0.1) is 17.2 Å². The predicted octanol–water partition coefficient (Wildman–Crippen LogP) is 3.86. The second kappa shape index (κ2) is 7.10. The molecule has 0 aromatic heterocycles. The monoisotopic (exact) mass is 400 g/mol. The molecule has 0 bridgehead atoms. The zero-order valence-corrected chi connectivity index (χ0v) is 15.9. The second-order valence-corrected chi connectivity index (χ2v) is 9.93. The van der Waals surface area contributed by atoms with Gasteiger partial charge in [0.2, 0.25) is 0 Å². The van der Waals surface area contributed by atoms with Crippen LogP contribution in [0.2, 0.25) is 0 Å². The number of benzene rings is 1. The van der Waals surface area contributed by atoms with Crippen LogP contribution < -0.4 is 0 Å². The quantitative estimate of drug-likeness (QED) is 0.665. The van der Waals surface area contributed by atoms with E-state index in [4.69, 9.17) is 0 Å². The van der Waals surface area contributed by atoms with Crippen LogP contribution >= 0.6 is 0 Å². The highest BCUT2D eigenvalue weighted by atomic mass is 32.2. The fourth-order valence-corrected chi connectivity index (χ4v) is 5.85. The number of nitriles is 1. The first-order valence-corrected chi connectivity index (χ1v) is 10.9. The van der Waals surface area contributed by atoms with E-state index < -0.39 is 33.6 Å². The van der Waals surface area contributed by atoms with Gasteiger partial charge in [-0.1, -0.05) is 30.3 Å². The lowest BCUT2D eigenvalue weighted by atomic mass is 10.00. The Balaban J connectivity index is 1.96. The van der Waals surface area contributed by atoms with Crippen LogP contribution in [0.5, 0.6) is 0 Å². The zero-order chi connectivity index (χ0) is 19.9. The van der Waals surface area contributed by atoms with Gasteiger partial charge in [0.25, 0.3) is 0 Å². The average Bonchev–Trinajstić information content (AvgIpc) is 3.47. The maximum atomic E-state index is 14.1. The Morgan fingerprint density at radius 2 is 1.85 bits per heavy atom. The third-order valence-corrected chi connectivity index (χ3v) is 7.26. The minimum atomic E-state index is -4.62. The summed E-state index contributed by atoms with van der Waals surface area (Å²) in [5.74, 6) is -0.215. The fourth-order valence-electron chi connectivity index (χ4n) is 3.77. The van der Waals surface area contributed by atoms with Crippen molar-refractivity contribution in [2.75, 3.05) is 11.5 Å². The van der Waals surface area contributed by atoms with E-state index >= 15 is 0 Å². The molecular weight excluding hydrogens is 377 g/mol. The molecule has 0 spiro atoms. The van der Waals surface area contributed by atoms with Gasteiger partial charge in [-0.25, -0.2) is 8.42 Å². The number of nitrogens with zero attached hydrogens (tertiary/aromatic N) is 2. The van der Waals surface area contributed by atoms with E-state index in [0.717, 1.165) is 17.7 Å². The summed E-state index contributed by atoms with van der Waals surface area (Å²) in [4.78, 5) is 1.10. The van der Waals surface area contributed by atoms with Crippen LogP contribution in [-0.2, 0) is 9.84 Å². The summed E-state index contributed by atoms with van der Waals surface area (Å²) in [5.41, 5.74) is -1.23. The Morgan fingerprint density at radius 3 is 2.30 bits per heavy atom. The summed E-state index contributed by atoms with van der Waals surface area (Å²) in [5, 5.41) is 9.58. The van der Waals surface area contributed by atoms with Gasteiger partial charge in [-0.3, -0.25) is 4.90 Å². The number of sulfone groups is 1. The first-order chi connectivity index (χ1) is 12.6. The Hall–Kier alpha value is -1.59. The highest BCUT2D eigenvalue weighted by Crippen LogP contribution is 2.51. The third-order valence-electron chi connectivity index (χ3n) is 5.29. The van der Waals surface area contributed by atoms with E-state index in [9.17, 15) is 26.9 Å². The van der Waals surface area contributed by atoms with Crippen LogP contribution in [0.15, 0.2) is 30.3 Å². The molecule has 0 N–H and O–H groups in total. The molecule has 0 amide bonds. The van der Waals surface area contributed by atoms with Gasteiger partial charge < -0.3 is 0 Å². The summed E-state index contributed by atoms with van der Waals surface area (Å²) in [6.07, 6.45) is -2.28. The minimum absolute atomic E-state index is 0.0206. The standard InChI is InChI=1S/C19H23F3N2O2S/c1-14(11-27(25,26)12-15-7-8-15)24(18(13-23)9-10-18)17(19(20,21)22)16-5-3-2-4-6-16/h2-6,14-15,17H,7-12H2,1H3/t14-,17+/m1/s1. The van der Waals surface area contributed by atoms with Crippen molar-refractivity contribution in [1.29, 1.82) is 5.26 Å². The molecule has 0 saturated heterocycles. The van der Waals surface area contributed by atoms with Crippen LogP contribution in [-0.4, -0.2) is 42.6 Å². The Bertz CT molecular complexity index is 810. The van der Waals surface area contributed by atoms with Crippen molar-refractivity contribution in [1.82, 2.24) is 4.90 Å². The second-order valence-electron chi connectivity index (χ2n) is 7.77. The number of halogens is 3. The van der Waals surface area contributed by atoms with Gasteiger partial charge in [-0.2, -0.15) is 18.4 Å². The molecule has 3 rings (SSSR count). The molecule has 0 unspecified atom stereocenters. The molecule has 4 nitrogen and oxygen atoms in total. The van der Waals surface area contributed by atoms with Crippen LogP contribution in [0.3, 0.4) is 0 Å². The average molecular weight is 400 g/mol. The van der Waals surface area contributed by atoms with Crippen molar-refractivity contribution < 1.29 is 21.6 Å². The lowest BCUT2D eigenvalue weighted by Crippen LogP contribution is -2.52. The first-order valence-electron chi connectivity index (χ1n) is 9.10. The van der Waals surface area contributed by atoms with Gasteiger partial charge in [0.15, 0.2) is 9.84 Å². The van der Waals surface area contributed by atoms with Gasteiger partial charge in [-0.15, -0.1) is 0 Å². The maximum absolute atomic E-state index is 14.1. The number of alkyl halides is 3. The number of hydrogen-bond acceptors (Lipinski definition) is 4. The third kappa shape index (κ3) is 4.64. The van der Waals surface area contributed by atoms with E-state index in [-0.39, 0.29) is 23.0 Å². The van der Waals surface area contributed by atoms with E-state index in [0.29, 0.717) is 12.8 Å². The van der Waals surface area contributed by atoms with Crippen molar-refractivity contribution in [3.8, 4) is 6.07 Å². The highest BCUT2D eigenvalue weighted by Gasteiger charge is 2.59. The van der Waals surface area contributed by atoms with Crippen molar-refractivity contribution >= 4 is 9.84 Å². The Kier molecular flexibility index (Phi) is 5.30. The van der Waals surface area contributed by atoms with Crippen LogP contribution in [0.4, 0.5) is 13.2 Å². The van der Waals surface area contributed by atoms with E-state index in [1.54, 1.807) is 6.07 Å². The summed E-state index contributed by atoms with van der Waals surface area (Å²) in [7, 11) is -3.48. The molecule has 2 fully saturated rings. The molecule has 148 valence electrons. The normalized spacial score (nSPS) is 21.5. The molecule has 0 radical (unpaired) electrons. The molecule has 8 heteroatoms. The maximum Gasteiger partial charge on any atom is 0.408 e. The van der Waals surface area contributed by atoms with Gasteiger partial charge in [0.05, 0.1) is 17.6 Å². The largest absolute Gasteiger partial charge is 0.408 e. The molecule has 2 saturated carbocycles. The van der Waals surface area contributed by atoms with E-state index in [2.05, 4.69) is 0 Å². The summed E-state index contributed by atoms with van der Waals surface area (Å²) >= 11 is 0. The lowest BCUT2D eigenvalue weighted by Gasteiger charge is -2.40. The van der Waals surface area contributed by atoms with Gasteiger partial charge >= 0.3 is 6.18 Å². The number of rotatable bonds is 8. The molecule has 0 aliphatic heterocycles. The molecule has 2 atom stereocenters. The van der Waals surface area contributed by atoms with Crippen molar-refractivity contribution in [3.05, 3.63) is 35.9 Å². The van der Waals surface area contributed by atoms with Gasteiger partial charge in [-0.05, 0) is 44.1 Å². The topological polar surface area (TPSA) is 61.2 Å². The van der Waals surface area contributed by atoms with E-state index in [1.807, 2.05) is 6.07 Å². The molecule has 27 heavy (non-hydrogen) atoms. The first kappa shape index (κ1) is 20.2. The molecule has 1 aromatic rings. The molecular formula is C19H23F3N2O2S. The number of hydrogen-bond donors (Lipinski definition) is 0. The summed E-state index contributed by atoms with van der Waals surface area (Å²) in [6.45, 7) is 1.49. The Labute approximate surface area is 157 Å². The fraction of sp³-hybridized carbons (Fsp3) is 0.632. The zero-order valence-electron chi connectivity index (χ0n) is 15.1. The predicted molar refractivity (Wildman–Crippen MR) is 95.5 cm³/mol. The summed E-state index contributed by atoms with van der Waals surface area (Å²) in [6, 6.07) is 6.53. The van der Waals surface area contributed by atoms with Crippen molar-refractivity contribution in [2.45, 2.75) is 56.4 Å². The van der Waals surface area contributed by atoms with Gasteiger partial charge in [0.1, 0.15) is 11.6 Å². The van der Waals surface area contributed by atoms with Crippen LogP contribution in [0.1, 0.15) is 44.2 Å². The lowest BCUT2D eigenvalue weighted by molar-refractivity contribution is -0.197. The molecule has 0 heterocycles. The van der Waals surface area contributed by atoms with Crippen molar-refractivity contribution in [3.63, 3.8) is 0 Å². The molecule has 2 aliphatic rings. The minimum Gasteiger partial charge on any atom is -0.267 e. The summed E-state index contributed by atoms with van der Waals surface area (Å²) < 4.78 is 67.1. The molecule has 2 aliphatic carbocycles. The molecule has 1 aromatic carbocycles. The van der Waals surface area contributed by atoms with Gasteiger partial charge in [0, 0.05) is 6.04 Å². The highest BCUT2D eigenvalue weighted by molar-refractivity contribution is 7.91. The van der Waals surface area contributed by atoms with Crippen LogP contribution in [0.25, 0.3) is 0 Å². The Morgan fingerprint density at radius 1 is 1.26 bits per heavy atom. The van der Waals surface area contributed by atoms with Crippen molar-refractivity contribution in [2.24, 2.45) is 5.92 Å².